The highest BCUT2D eigenvalue weighted by Gasteiger charge is 2.23. The zero-order valence-corrected chi connectivity index (χ0v) is 18.1. The second-order valence-electron chi connectivity index (χ2n) is 7.98. The lowest BCUT2D eigenvalue weighted by atomic mass is 10.0. The average molecular weight is 409 g/mol. The van der Waals surface area contributed by atoms with E-state index in [9.17, 15) is 4.79 Å². The molecular formula is C23H28N4OS. The molecule has 1 aliphatic rings. The van der Waals surface area contributed by atoms with Crippen LogP contribution >= 0.6 is 11.3 Å². The van der Waals surface area contributed by atoms with Gasteiger partial charge in [-0.3, -0.25) is 9.48 Å². The molecule has 0 radical (unpaired) electrons. The van der Waals surface area contributed by atoms with Gasteiger partial charge < -0.3 is 11.1 Å². The number of carbonyl (C=O) groups excluding carboxylic acids is 1. The summed E-state index contributed by atoms with van der Waals surface area (Å²) in [5.74, 6) is -0.0360. The normalized spacial score (nSPS) is 14.1. The Kier molecular flexibility index (Phi) is 5.56. The molecule has 3 N–H and O–H groups in total. The number of thiophene rings is 1. The van der Waals surface area contributed by atoms with Crippen LogP contribution in [-0.4, -0.2) is 28.3 Å². The number of carbonyl (C=O) groups is 1. The molecule has 152 valence electrons. The highest BCUT2D eigenvalue weighted by molar-refractivity contribution is 7.14. The van der Waals surface area contributed by atoms with Crippen LogP contribution in [0.25, 0.3) is 11.3 Å². The molecule has 5 nitrogen and oxygen atoms in total. The number of hydrogen-bond donors (Lipinski definition) is 2. The van der Waals surface area contributed by atoms with Gasteiger partial charge in [0.2, 0.25) is 0 Å². The van der Waals surface area contributed by atoms with E-state index in [0.29, 0.717) is 6.54 Å². The molecule has 0 saturated carbocycles. The SMILES string of the molecule is Cc1ccc(C[C@@H](CN)NC(=O)c2cc3c(s2)CCCn2ncc(C)c2-3)cc1C. The van der Waals surface area contributed by atoms with Crippen molar-refractivity contribution in [1.82, 2.24) is 15.1 Å². The molecule has 0 bridgehead atoms. The van der Waals surface area contributed by atoms with E-state index in [2.05, 4.69) is 54.1 Å². The minimum Gasteiger partial charge on any atom is -0.347 e. The van der Waals surface area contributed by atoms with Gasteiger partial charge in [-0.15, -0.1) is 11.3 Å². The lowest BCUT2D eigenvalue weighted by Gasteiger charge is -2.17. The van der Waals surface area contributed by atoms with Crippen molar-refractivity contribution >= 4 is 17.2 Å². The zero-order chi connectivity index (χ0) is 20.5. The Hall–Kier alpha value is -2.44. The Morgan fingerprint density at radius 2 is 2.07 bits per heavy atom. The predicted octanol–water partition coefficient (Wildman–Crippen LogP) is 3.78. The van der Waals surface area contributed by atoms with Crippen LogP contribution in [0.4, 0.5) is 0 Å². The smallest absolute Gasteiger partial charge is 0.261 e. The first kappa shape index (κ1) is 19.9. The molecule has 6 heteroatoms. The van der Waals surface area contributed by atoms with Crippen molar-refractivity contribution < 1.29 is 4.79 Å². The fraction of sp³-hybridized carbons (Fsp3) is 0.391. The first-order chi connectivity index (χ1) is 14.0. The number of aryl methyl sites for hydroxylation is 5. The van der Waals surface area contributed by atoms with Gasteiger partial charge in [-0.2, -0.15) is 5.10 Å². The van der Waals surface area contributed by atoms with Gasteiger partial charge in [-0.1, -0.05) is 18.2 Å². The maximum atomic E-state index is 13.0. The van der Waals surface area contributed by atoms with Crippen LogP contribution < -0.4 is 11.1 Å². The molecule has 1 aliphatic heterocycles. The first-order valence-corrected chi connectivity index (χ1v) is 11.0. The van der Waals surface area contributed by atoms with E-state index in [1.807, 2.05) is 12.3 Å². The molecule has 3 heterocycles. The quantitative estimate of drug-likeness (QED) is 0.675. The van der Waals surface area contributed by atoms with E-state index in [1.165, 1.54) is 21.6 Å². The van der Waals surface area contributed by atoms with E-state index < -0.39 is 0 Å². The number of fused-ring (bicyclic) bond motifs is 3. The van der Waals surface area contributed by atoms with E-state index in [0.717, 1.165) is 47.5 Å². The zero-order valence-electron chi connectivity index (χ0n) is 17.3. The number of rotatable bonds is 5. The maximum absolute atomic E-state index is 13.0. The van der Waals surface area contributed by atoms with Crippen LogP contribution in [-0.2, 0) is 19.4 Å². The summed E-state index contributed by atoms with van der Waals surface area (Å²) in [6.07, 6.45) is 4.68. The summed E-state index contributed by atoms with van der Waals surface area (Å²) in [6, 6.07) is 8.38. The molecule has 1 atom stereocenters. The Morgan fingerprint density at radius 3 is 2.83 bits per heavy atom. The van der Waals surface area contributed by atoms with Crippen LogP contribution in [0.15, 0.2) is 30.5 Å². The Balaban J connectivity index is 1.53. The number of benzene rings is 1. The van der Waals surface area contributed by atoms with E-state index in [4.69, 9.17) is 5.73 Å². The minimum atomic E-state index is -0.0845. The molecular weight excluding hydrogens is 380 g/mol. The van der Waals surface area contributed by atoms with Gasteiger partial charge in [-0.25, -0.2) is 0 Å². The summed E-state index contributed by atoms with van der Waals surface area (Å²) in [5, 5.41) is 7.64. The standard InChI is InChI=1S/C23H28N4OS/c1-14-6-7-17(9-15(14)2)10-18(12-24)26-23(28)21-11-19-20(29-21)5-4-8-27-22(19)16(3)13-25-27/h6-7,9,11,13,18H,4-5,8,10,12,24H2,1-3H3,(H,26,28)/t18-/m0/s1. The number of nitrogens with one attached hydrogen (secondary N) is 1. The van der Waals surface area contributed by atoms with Crippen molar-refractivity contribution in [2.75, 3.05) is 6.54 Å². The monoisotopic (exact) mass is 408 g/mol. The van der Waals surface area contributed by atoms with Crippen molar-refractivity contribution in [3.8, 4) is 11.3 Å². The summed E-state index contributed by atoms with van der Waals surface area (Å²) in [7, 11) is 0. The summed E-state index contributed by atoms with van der Waals surface area (Å²) in [6.45, 7) is 7.64. The lowest BCUT2D eigenvalue weighted by Crippen LogP contribution is -2.41. The second kappa shape index (κ2) is 8.13. The molecule has 0 unspecified atom stereocenters. The molecule has 0 spiro atoms. The van der Waals surface area contributed by atoms with Gasteiger partial charge in [0.25, 0.3) is 5.91 Å². The molecule has 29 heavy (non-hydrogen) atoms. The predicted molar refractivity (Wildman–Crippen MR) is 119 cm³/mol. The fourth-order valence-electron chi connectivity index (χ4n) is 3.98. The van der Waals surface area contributed by atoms with Crippen molar-refractivity contribution in [3.05, 3.63) is 62.5 Å². The molecule has 4 rings (SSSR count). The summed E-state index contributed by atoms with van der Waals surface area (Å²) in [4.78, 5) is 15.0. The fourth-order valence-corrected chi connectivity index (χ4v) is 5.09. The Bertz CT molecular complexity index is 1050. The number of aromatic nitrogens is 2. The van der Waals surface area contributed by atoms with Gasteiger partial charge in [0.15, 0.2) is 0 Å². The van der Waals surface area contributed by atoms with Crippen molar-refractivity contribution in [2.24, 2.45) is 5.73 Å². The van der Waals surface area contributed by atoms with E-state index in [1.54, 1.807) is 11.3 Å². The Labute approximate surface area is 175 Å². The summed E-state index contributed by atoms with van der Waals surface area (Å²) >= 11 is 1.60. The van der Waals surface area contributed by atoms with Gasteiger partial charge in [-0.05, 0) is 68.4 Å². The van der Waals surface area contributed by atoms with Crippen LogP contribution in [0.5, 0.6) is 0 Å². The van der Waals surface area contributed by atoms with Crippen molar-refractivity contribution in [3.63, 3.8) is 0 Å². The molecule has 0 saturated heterocycles. The Morgan fingerprint density at radius 1 is 1.24 bits per heavy atom. The van der Waals surface area contributed by atoms with E-state index in [-0.39, 0.29) is 11.9 Å². The lowest BCUT2D eigenvalue weighted by molar-refractivity contribution is 0.0942. The topological polar surface area (TPSA) is 72.9 Å². The highest BCUT2D eigenvalue weighted by Crippen LogP contribution is 2.36. The third-order valence-electron chi connectivity index (χ3n) is 5.76. The third kappa shape index (κ3) is 4.00. The second-order valence-corrected chi connectivity index (χ2v) is 9.12. The molecule has 0 fully saturated rings. The number of nitrogens with two attached hydrogens (primary N) is 1. The number of amides is 1. The average Bonchev–Trinajstić information content (AvgIpc) is 3.23. The van der Waals surface area contributed by atoms with E-state index >= 15 is 0 Å². The molecule has 1 amide bonds. The summed E-state index contributed by atoms with van der Waals surface area (Å²) in [5.41, 5.74) is 13.2. The van der Waals surface area contributed by atoms with Gasteiger partial charge in [0.1, 0.15) is 0 Å². The third-order valence-corrected chi connectivity index (χ3v) is 6.95. The van der Waals surface area contributed by atoms with Gasteiger partial charge in [0.05, 0.1) is 16.8 Å². The molecule has 0 aliphatic carbocycles. The first-order valence-electron chi connectivity index (χ1n) is 10.2. The largest absolute Gasteiger partial charge is 0.347 e. The highest BCUT2D eigenvalue weighted by atomic mass is 32.1. The summed E-state index contributed by atoms with van der Waals surface area (Å²) < 4.78 is 2.07. The van der Waals surface area contributed by atoms with Crippen LogP contribution in [0.2, 0.25) is 0 Å². The minimum absolute atomic E-state index is 0.0360. The van der Waals surface area contributed by atoms with Crippen molar-refractivity contribution in [2.45, 2.75) is 52.6 Å². The van der Waals surface area contributed by atoms with Crippen LogP contribution in [0.3, 0.4) is 0 Å². The van der Waals surface area contributed by atoms with Gasteiger partial charge in [0, 0.05) is 29.6 Å². The number of nitrogens with zero attached hydrogens (tertiary/aromatic N) is 2. The molecule has 3 aromatic rings. The van der Waals surface area contributed by atoms with Crippen molar-refractivity contribution in [1.29, 1.82) is 0 Å². The van der Waals surface area contributed by atoms with Crippen LogP contribution in [0.1, 0.15) is 43.2 Å². The molecule has 1 aromatic carbocycles. The molecule has 2 aromatic heterocycles. The van der Waals surface area contributed by atoms with Crippen LogP contribution in [0, 0.1) is 20.8 Å². The maximum Gasteiger partial charge on any atom is 0.261 e. The van der Waals surface area contributed by atoms with Gasteiger partial charge >= 0.3 is 0 Å². The number of hydrogen-bond acceptors (Lipinski definition) is 4.